The highest BCUT2D eigenvalue weighted by Gasteiger charge is 2.27. The van der Waals surface area contributed by atoms with Gasteiger partial charge in [-0.2, -0.15) is 0 Å². The van der Waals surface area contributed by atoms with E-state index in [1.165, 1.54) is 6.42 Å². The first-order chi connectivity index (χ1) is 7.31. The lowest BCUT2D eigenvalue weighted by Crippen LogP contribution is -2.37. The molecular formula is C11H17N3O. The molecule has 0 bridgehead atoms. The number of carbonyl (C=O) groups is 1. The van der Waals surface area contributed by atoms with Gasteiger partial charge in [-0.1, -0.05) is 13.3 Å². The van der Waals surface area contributed by atoms with E-state index in [0.29, 0.717) is 0 Å². The number of carbonyl (C=O) groups excluding carboxylic acids is 1. The van der Waals surface area contributed by atoms with Crippen molar-refractivity contribution in [1.82, 2.24) is 15.3 Å². The van der Waals surface area contributed by atoms with Gasteiger partial charge in [0.1, 0.15) is 5.82 Å². The lowest BCUT2D eigenvalue weighted by atomic mass is 9.84. The van der Waals surface area contributed by atoms with E-state index < -0.39 is 0 Å². The molecule has 1 aliphatic carbocycles. The molecule has 1 heterocycles. The van der Waals surface area contributed by atoms with Gasteiger partial charge >= 0.3 is 0 Å². The number of hydrogen-bond acceptors (Lipinski definition) is 2. The Hall–Kier alpha value is -1.32. The topological polar surface area (TPSA) is 57.8 Å². The van der Waals surface area contributed by atoms with Gasteiger partial charge in [-0.3, -0.25) is 4.79 Å². The van der Waals surface area contributed by atoms with Crippen LogP contribution in [-0.2, 0) is 4.79 Å². The van der Waals surface area contributed by atoms with Crippen molar-refractivity contribution in [3.63, 3.8) is 0 Å². The monoisotopic (exact) mass is 207 g/mol. The Morgan fingerprint density at radius 2 is 2.53 bits per heavy atom. The summed E-state index contributed by atoms with van der Waals surface area (Å²) in [6.45, 7) is 2.05. The summed E-state index contributed by atoms with van der Waals surface area (Å²) < 4.78 is 0. The molecule has 1 saturated carbocycles. The van der Waals surface area contributed by atoms with Gasteiger partial charge in [0, 0.05) is 18.3 Å². The SMILES string of the molecule is CCC(NC(=O)C1CCC1)c1ncc[nH]1. The third-order valence-electron chi connectivity index (χ3n) is 3.05. The zero-order valence-corrected chi connectivity index (χ0v) is 8.99. The van der Waals surface area contributed by atoms with E-state index in [4.69, 9.17) is 0 Å². The summed E-state index contributed by atoms with van der Waals surface area (Å²) in [7, 11) is 0. The van der Waals surface area contributed by atoms with Crippen LogP contribution in [0.1, 0.15) is 44.5 Å². The minimum absolute atomic E-state index is 0.0353. The van der Waals surface area contributed by atoms with Gasteiger partial charge in [-0.15, -0.1) is 0 Å². The third kappa shape index (κ3) is 2.19. The molecule has 1 aromatic rings. The molecule has 1 aliphatic rings. The van der Waals surface area contributed by atoms with Crippen molar-refractivity contribution in [2.75, 3.05) is 0 Å². The van der Waals surface area contributed by atoms with Crippen molar-refractivity contribution < 1.29 is 4.79 Å². The van der Waals surface area contributed by atoms with Gasteiger partial charge in [0.25, 0.3) is 0 Å². The molecule has 1 aromatic heterocycles. The average Bonchev–Trinajstić information content (AvgIpc) is 2.63. The van der Waals surface area contributed by atoms with Crippen molar-refractivity contribution >= 4 is 5.91 Å². The first kappa shape index (κ1) is 10.2. The van der Waals surface area contributed by atoms with Crippen LogP contribution in [0, 0.1) is 5.92 Å². The van der Waals surface area contributed by atoms with E-state index in [1.807, 2.05) is 6.92 Å². The molecule has 2 rings (SSSR count). The summed E-state index contributed by atoms with van der Waals surface area (Å²) in [6.07, 6.45) is 7.64. The molecule has 1 amide bonds. The molecule has 0 aromatic carbocycles. The van der Waals surface area contributed by atoms with Crippen LogP contribution in [0.2, 0.25) is 0 Å². The second kappa shape index (κ2) is 4.47. The smallest absolute Gasteiger partial charge is 0.223 e. The molecular weight excluding hydrogens is 190 g/mol. The number of rotatable bonds is 4. The van der Waals surface area contributed by atoms with Gasteiger partial charge in [-0.05, 0) is 19.3 Å². The summed E-state index contributed by atoms with van der Waals surface area (Å²) in [5, 5.41) is 3.04. The highest BCUT2D eigenvalue weighted by molar-refractivity contribution is 5.79. The minimum Gasteiger partial charge on any atom is -0.347 e. The first-order valence-electron chi connectivity index (χ1n) is 5.61. The fraction of sp³-hybridized carbons (Fsp3) is 0.636. The fourth-order valence-corrected chi connectivity index (χ4v) is 1.79. The predicted molar refractivity (Wildman–Crippen MR) is 57.1 cm³/mol. The van der Waals surface area contributed by atoms with Crippen LogP contribution in [-0.4, -0.2) is 15.9 Å². The zero-order valence-electron chi connectivity index (χ0n) is 8.99. The molecule has 4 heteroatoms. The van der Waals surface area contributed by atoms with E-state index in [2.05, 4.69) is 15.3 Å². The highest BCUT2D eigenvalue weighted by Crippen LogP contribution is 2.27. The molecule has 0 radical (unpaired) electrons. The number of H-pyrrole nitrogens is 1. The van der Waals surface area contributed by atoms with Crippen LogP contribution in [0.25, 0.3) is 0 Å². The Balaban J connectivity index is 1.93. The molecule has 1 unspecified atom stereocenters. The summed E-state index contributed by atoms with van der Waals surface area (Å²) in [5.74, 6) is 1.28. The van der Waals surface area contributed by atoms with Crippen molar-refractivity contribution in [2.45, 2.75) is 38.6 Å². The molecule has 15 heavy (non-hydrogen) atoms. The Kier molecular flexibility index (Phi) is 3.04. The van der Waals surface area contributed by atoms with Crippen molar-refractivity contribution in [3.8, 4) is 0 Å². The number of aromatic nitrogens is 2. The summed E-state index contributed by atoms with van der Waals surface area (Å²) >= 11 is 0. The van der Waals surface area contributed by atoms with Crippen LogP contribution in [0.15, 0.2) is 12.4 Å². The highest BCUT2D eigenvalue weighted by atomic mass is 16.2. The summed E-state index contributed by atoms with van der Waals surface area (Å²) in [6, 6.07) is 0.0353. The van der Waals surface area contributed by atoms with Crippen LogP contribution < -0.4 is 5.32 Å². The van der Waals surface area contributed by atoms with E-state index in [0.717, 1.165) is 25.1 Å². The molecule has 2 N–H and O–H groups in total. The lowest BCUT2D eigenvalue weighted by molar-refractivity contribution is -0.128. The van der Waals surface area contributed by atoms with Gasteiger partial charge in [0.15, 0.2) is 0 Å². The second-order valence-corrected chi connectivity index (χ2v) is 4.07. The number of nitrogens with one attached hydrogen (secondary N) is 2. The Morgan fingerprint density at radius 1 is 1.73 bits per heavy atom. The zero-order chi connectivity index (χ0) is 10.7. The fourth-order valence-electron chi connectivity index (χ4n) is 1.79. The quantitative estimate of drug-likeness (QED) is 0.790. The largest absolute Gasteiger partial charge is 0.347 e. The summed E-state index contributed by atoms with van der Waals surface area (Å²) in [4.78, 5) is 19.0. The molecule has 0 spiro atoms. The predicted octanol–water partition coefficient (Wildman–Crippen LogP) is 1.78. The van der Waals surface area contributed by atoms with E-state index >= 15 is 0 Å². The molecule has 0 saturated heterocycles. The van der Waals surface area contributed by atoms with Crippen LogP contribution in [0.4, 0.5) is 0 Å². The molecule has 1 atom stereocenters. The van der Waals surface area contributed by atoms with Crippen molar-refractivity contribution in [1.29, 1.82) is 0 Å². The van der Waals surface area contributed by atoms with Gasteiger partial charge in [0.2, 0.25) is 5.91 Å². The number of amides is 1. The number of aromatic amines is 1. The van der Waals surface area contributed by atoms with Gasteiger partial charge in [-0.25, -0.2) is 4.98 Å². The number of hydrogen-bond donors (Lipinski definition) is 2. The standard InChI is InChI=1S/C11H17N3O/c1-2-9(10-12-6-7-13-10)14-11(15)8-4-3-5-8/h6-9H,2-5H2,1H3,(H,12,13)(H,14,15). The first-order valence-corrected chi connectivity index (χ1v) is 5.61. The van der Waals surface area contributed by atoms with Gasteiger partial charge in [0.05, 0.1) is 6.04 Å². The van der Waals surface area contributed by atoms with E-state index in [-0.39, 0.29) is 17.9 Å². The van der Waals surface area contributed by atoms with Crippen molar-refractivity contribution in [3.05, 3.63) is 18.2 Å². The Morgan fingerprint density at radius 3 is 3.00 bits per heavy atom. The van der Waals surface area contributed by atoms with Crippen molar-refractivity contribution in [2.24, 2.45) is 5.92 Å². The van der Waals surface area contributed by atoms with E-state index in [9.17, 15) is 4.79 Å². The average molecular weight is 207 g/mol. The number of imidazole rings is 1. The Labute approximate surface area is 89.5 Å². The summed E-state index contributed by atoms with van der Waals surface area (Å²) in [5.41, 5.74) is 0. The third-order valence-corrected chi connectivity index (χ3v) is 3.05. The van der Waals surface area contributed by atoms with Crippen LogP contribution in [0.5, 0.6) is 0 Å². The maximum Gasteiger partial charge on any atom is 0.223 e. The normalized spacial score (nSPS) is 18.2. The second-order valence-electron chi connectivity index (χ2n) is 4.07. The lowest BCUT2D eigenvalue weighted by Gasteiger charge is -2.26. The van der Waals surface area contributed by atoms with Gasteiger partial charge < -0.3 is 10.3 Å². The Bertz CT molecular complexity index is 317. The number of nitrogens with zero attached hydrogens (tertiary/aromatic N) is 1. The minimum atomic E-state index is 0.0353. The molecule has 4 nitrogen and oxygen atoms in total. The van der Waals surface area contributed by atoms with E-state index in [1.54, 1.807) is 12.4 Å². The molecule has 0 aliphatic heterocycles. The van der Waals surface area contributed by atoms with Crippen LogP contribution in [0.3, 0.4) is 0 Å². The molecule has 1 fully saturated rings. The maximum atomic E-state index is 11.7. The maximum absolute atomic E-state index is 11.7. The molecule has 82 valence electrons. The van der Waals surface area contributed by atoms with Crippen LogP contribution >= 0.6 is 0 Å².